The Bertz CT molecular complexity index is 660. The van der Waals surface area contributed by atoms with Gasteiger partial charge in [0.05, 0.1) is 5.97 Å². The molecule has 0 fully saturated rings. The molecule has 110 valence electrons. The largest absolute Gasteiger partial charge is 1.00 e. The van der Waals surface area contributed by atoms with Crippen LogP contribution < -0.4 is 29.3 Å². The van der Waals surface area contributed by atoms with E-state index in [9.17, 15) is 23.8 Å². The van der Waals surface area contributed by atoms with E-state index in [1.165, 1.54) is 36.4 Å². The molecule has 0 saturated heterocycles. The molecular formula is C15H12F2LiNO3. The predicted molar refractivity (Wildman–Crippen MR) is 71.0 cm³/mol. The number of nitrogens with one attached hydrogen (secondary N) is 1. The van der Waals surface area contributed by atoms with Gasteiger partial charge in [-0.2, -0.15) is 0 Å². The van der Waals surface area contributed by atoms with Crippen molar-refractivity contribution in [2.75, 3.05) is 11.9 Å². The fourth-order valence-electron chi connectivity index (χ4n) is 1.91. The van der Waals surface area contributed by atoms with E-state index in [0.29, 0.717) is 5.69 Å². The molecule has 2 N–H and O–H groups in total. The summed E-state index contributed by atoms with van der Waals surface area (Å²) < 4.78 is 26.8. The molecule has 0 aliphatic rings. The molecule has 0 amide bonds. The summed E-state index contributed by atoms with van der Waals surface area (Å²) in [7, 11) is 0. The van der Waals surface area contributed by atoms with Crippen LogP contribution in [0.25, 0.3) is 0 Å². The molecule has 0 atom stereocenters. The van der Waals surface area contributed by atoms with Gasteiger partial charge in [-0.05, 0) is 36.8 Å². The number of hydrogen-bond acceptors (Lipinski definition) is 4. The number of rotatable bonds is 5. The number of carboxylic acids is 1. The minimum Gasteiger partial charge on any atom is -0.545 e. The molecule has 22 heavy (non-hydrogen) atoms. The van der Waals surface area contributed by atoms with E-state index in [-0.39, 0.29) is 43.0 Å². The summed E-state index contributed by atoms with van der Waals surface area (Å²) in [4.78, 5) is 10.8. The zero-order valence-electron chi connectivity index (χ0n) is 11.9. The van der Waals surface area contributed by atoms with Crippen molar-refractivity contribution >= 4 is 11.7 Å². The maximum absolute atomic E-state index is 13.4. The van der Waals surface area contributed by atoms with Gasteiger partial charge in [0.25, 0.3) is 0 Å². The van der Waals surface area contributed by atoms with E-state index in [2.05, 4.69) is 5.32 Å². The number of benzene rings is 2. The van der Waals surface area contributed by atoms with Crippen molar-refractivity contribution < 1.29 is 42.6 Å². The van der Waals surface area contributed by atoms with E-state index in [4.69, 9.17) is 0 Å². The standard InChI is InChI=1S/C15H13F2NO3.Li/c16-12-2-1-3-13(17)10(12)6-7-18-9-4-5-14(19)11(8-9)15(20)21;/h1-5,8,18-19H,6-7H2,(H,20,21);/q;+1/p-1. The second-order valence-electron chi connectivity index (χ2n) is 4.40. The molecule has 0 spiro atoms. The molecule has 0 aliphatic heterocycles. The normalized spacial score (nSPS) is 9.91. The first-order chi connectivity index (χ1) is 9.99. The van der Waals surface area contributed by atoms with Crippen molar-refractivity contribution in [3.8, 4) is 5.75 Å². The van der Waals surface area contributed by atoms with Gasteiger partial charge in [0.1, 0.15) is 17.4 Å². The molecule has 0 heterocycles. The summed E-state index contributed by atoms with van der Waals surface area (Å²) in [6.45, 7) is 0.203. The van der Waals surface area contributed by atoms with Crippen molar-refractivity contribution in [3.05, 3.63) is 59.2 Å². The number of phenols is 1. The van der Waals surface area contributed by atoms with Crippen molar-refractivity contribution in [1.29, 1.82) is 0 Å². The summed E-state index contributed by atoms with van der Waals surface area (Å²) in [5.41, 5.74) is 0.0183. The molecule has 7 heteroatoms. The fraction of sp³-hybridized carbons (Fsp3) is 0.133. The molecule has 0 aliphatic carbocycles. The Hall–Kier alpha value is -2.03. The van der Waals surface area contributed by atoms with Crippen LogP contribution >= 0.6 is 0 Å². The quantitative estimate of drug-likeness (QED) is 0.531. The Morgan fingerprint density at radius 1 is 1.18 bits per heavy atom. The third-order valence-corrected chi connectivity index (χ3v) is 2.98. The van der Waals surface area contributed by atoms with E-state index < -0.39 is 23.4 Å². The zero-order valence-corrected chi connectivity index (χ0v) is 11.9. The second kappa shape index (κ2) is 7.83. The first-order valence-electron chi connectivity index (χ1n) is 6.20. The van der Waals surface area contributed by atoms with E-state index in [1.54, 1.807) is 0 Å². The van der Waals surface area contributed by atoms with Gasteiger partial charge in [0.2, 0.25) is 0 Å². The van der Waals surface area contributed by atoms with Gasteiger partial charge >= 0.3 is 18.9 Å². The number of aromatic carboxylic acids is 1. The van der Waals surface area contributed by atoms with Gasteiger partial charge in [0, 0.05) is 23.4 Å². The minimum absolute atomic E-state index is 0. The molecule has 0 bridgehead atoms. The van der Waals surface area contributed by atoms with E-state index in [0.717, 1.165) is 0 Å². The number of aromatic hydroxyl groups is 1. The van der Waals surface area contributed by atoms with Crippen LogP contribution in [0.2, 0.25) is 0 Å². The number of carbonyl (C=O) groups excluding carboxylic acids is 1. The molecule has 0 unspecified atom stereocenters. The van der Waals surface area contributed by atoms with Gasteiger partial charge in [-0.15, -0.1) is 0 Å². The predicted octanol–water partition coefficient (Wildman–Crippen LogP) is -1.31. The first-order valence-corrected chi connectivity index (χ1v) is 6.20. The average molecular weight is 299 g/mol. The number of anilines is 1. The molecular weight excluding hydrogens is 287 g/mol. The van der Waals surface area contributed by atoms with Crippen LogP contribution in [0.4, 0.5) is 14.5 Å². The van der Waals surface area contributed by atoms with Crippen molar-refractivity contribution in [1.82, 2.24) is 0 Å². The van der Waals surface area contributed by atoms with Crippen LogP contribution in [0.15, 0.2) is 36.4 Å². The summed E-state index contributed by atoms with van der Waals surface area (Å²) in [6, 6.07) is 7.49. The summed E-state index contributed by atoms with van der Waals surface area (Å²) in [6.07, 6.45) is 0.0973. The van der Waals surface area contributed by atoms with E-state index >= 15 is 0 Å². The SMILES string of the molecule is O=C([O-])c1cc(NCCc2c(F)cccc2F)ccc1O.[Li+]. The first kappa shape index (κ1) is 18.0. The van der Waals surface area contributed by atoms with Crippen LogP contribution in [0.1, 0.15) is 15.9 Å². The molecule has 0 aromatic heterocycles. The van der Waals surface area contributed by atoms with Gasteiger partial charge in [-0.3, -0.25) is 0 Å². The summed E-state index contributed by atoms with van der Waals surface area (Å²) in [5, 5.41) is 22.9. The molecule has 0 radical (unpaired) electrons. The van der Waals surface area contributed by atoms with Crippen LogP contribution in [-0.4, -0.2) is 17.6 Å². The van der Waals surface area contributed by atoms with Crippen LogP contribution in [0, 0.1) is 11.6 Å². The Morgan fingerprint density at radius 3 is 2.41 bits per heavy atom. The number of carboxylic acid groups (broad SMARTS) is 1. The van der Waals surface area contributed by atoms with Crippen molar-refractivity contribution in [2.45, 2.75) is 6.42 Å². The zero-order chi connectivity index (χ0) is 15.4. The van der Waals surface area contributed by atoms with Gasteiger partial charge in [0.15, 0.2) is 0 Å². The maximum atomic E-state index is 13.4. The minimum atomic E-state index is -1.50. The smallest absolute Gasteiger partial charge is 0.545 e. The average Bonchev–Trinajstić information content (AvgIpc) is 2.43. The van der Waals surface area contributed by atoms with Gasteiger partial charge in [-0.25, -0.2) is 8.78 Å². The van der Waals surface area contributed by atoms with Crippen molar-refractivity contribution in [3.63, 3.8) is 0 Å². The number of carbonyl (C=O) groups is 1. The summed E-state index contributed by atoms with van der Waals surface area (Å²) >= 11 is 0. The maximum Gasteiger partial charge on any atom is 1.00 e. The van der Waals surface area contributed by atoms with Crippen molar-refractivity contribution in [2.24, 2.45) is 0 Å². The molecule has 0 saturated carbocycles. The Labute approximate surface area is 138 Å². The second-order valence-corrected chi connectivity index (χ2v) is 4.40. The molecule has 2 rings (SSSR count). The number of hydrogen-bond donors (Lipinski definition) is 2. The molecule has 2 aromatic carbocycles. The van der Waals surface area contributed by atoms with Gasteiger partial charge < -0.3 is 20.3 Å². The topological polar surface area (TPSA) is 72.4 Å². The van der Waals surface area contributed by atoms with Crippen LogP contribution in [0.5, 0.6) is 5.75 Å². The molecule has 4 nitrogen and oxygen atoms in total. The number of halogens is 2. The third kappa shape index (κ3) is 4.23. The summed E-state index contributed by atoms with van der Waals surface area (Å²) in [5.74, 6) is -3.16. The van der Waals surface area contributed by atoms with Crippen LogP contribution in [0.3, 0.4) is 0 Å². The Balaban J connectivity index is 0.00000242. The van der Waals surface area contributed by atoms with Gasteiger partial charge in [-0.1, -0.05) is 6.07 Å². The Morgan fingerprint density at radius 2 is 1.82 bits per heavy atom. The Kier molecular flexibility index (Phi) is 6.41. The monoisotopic (exact) mass is 299 g/mol. The van der Waals surface area contributed by atoms with E-state index in [1.807, 2.05) is 0 Å². The molecule has 2 aromatic rings. The third-order valence-electron chi connectivity index (χ3n) is 2.98. The van der Waals surface area contributed by atoms with Crippen LogP contribution in [-0.2, 0) is 6.42 Å². The fourth-order valence-corrected chi connectivity index (χ4v) is 1.91.